The van der Waals surface area contributed by atoms with Gasteiger partial charge in [0.15, 0.2) is 0 Å². The van der Waals surface area contributed by atoms with E-state index in [4.69, 9.17) is 4.74 Å². The molecule has 0 aliphatic carbocycles. The van der Waals surface area contributed by atoms with E-state index in [1.165, 1.54) is 11.8 Å². The van der Waals surface area contributed by atoms with Crippen LogP contribution in [0.3, 0.4) is 0 Å². The smallest absolute Gasteiger partial charge is 0.340 e. The van der Waals surface area contributed by atoms with Crippen LogP contribution >= 0.6 is 27.3 Å². The average molecular weight is 475 g/mol. The van der Waals surface area contributed by atoms with Crippen molar-refractivity contribution in [3.63, 3.8) is 0 Å². The van der Waals surface area contributed by atoms with Crippen molar-refractivity contribution in [2.75, 3.05) is 24.2 Å². The van der Waals surface area contributed by atoms with Gasteiger partial charge in [0.1, 0.15) is 0 Å². The highest BCUT2D eigenvalue weighted by molar-refractivity contribution is 9.10. The minimum atomic E-state index is -3.54. The van der Waals surface area contributed by atoms with Gasteiger partial charge in [-0.3, -0.25) is 0 Å². The molecule has 0 bridgehead atoms. The standard InChI is InChI=1S/C15H15BrN4O5S2/c1-3-27(23,24)14-18-17-13(26-14)20-11(8-19(2)15(20)22)25-12(21)9-4-6-10(16)7-5-9/h4-7,11H,3,8H2,1-2H3. The van der Waals surface area contributed by atoms with Crippen molar-refractivity contribution in [2.45, 2.75) is 17.5 Å². The van der Waals surface area contributed by atoms with Crippen molar-refractivity contribution in [2.24, 2.45) is 0 Å². The first-order valence-electron chi connectivity index (χ1n) is 7.80. The van der Waals surface area contributed by atoms with Gasteiger partial charge in [0, 0.05) is 11.5 Å². The third kappa shape index (κ3) is 3.96. The summed E-state index contributed by atoms with van der Waals surface area (Å²) in [6.07, 6.45) is -0.941. The Hall–Kier alpha value is -2.05. The highest BCUT2D eigenvalue weighted by Crippen LogP contribution is 2.30. The zero-order valence-electron chi connectivity index (χ0n) is 14.3. The number of hydrogen-bond acceptors (Lipinski definition) is 8. The van der Waals surface area contributed by atoms with Gasteiger partial charge in [-0.15, -0.1) is 10.2 Å². The molecule has 9 nitrogen and oxygen atoms in total. The minimum absolute atomic E-state index is 0.0602. The van der Waals surface area contributed by atoms with Gasteiger partial charge in [0.25, 0.3) is 0 Å². The van der Waals surface area contributed by atoms with Gasteiger partial charge in [-0.25, -0.2) is 22.9 Å². The number of hydrogen-bond donors (Lipinski definition) is 0. The predicted octanol–water partition coefficient (Wildman–Crippen LogP) is 2.15. The van der Waals surface area contributed by atoms with E-state index in [-0.39, 0.29) is 21.8 Å². The van der Waals surface area contributed by atoms with Crippen LogP contribution in [-0.4, -0.2) is 61.1 Å². The van der Waals surface area contributed by atoms with Crippen LogP contribution in [0.1, 0.15) is 17.3 Å². The third-order valence-electron chi connectivity index (χ3n) is 3.82. The molecule has 12 heteroatoms. The molecule has 1 unspecified atom stereocenters. The molecule has 1 aromatic carbocycles. The Morgan fingerprint density at radius 2 is 2.00 bits per heavy atom. The summed E-state index contributed by atoms with van der Waals surface area (Å²) in [7, 11) is -2.00. The van der Waals surface area contributed by atoms with Crippen LogP contribution in [0.25, 0.3) is 0 Å². The third-order valence-corrected chi connectivity index (χ3v) is 7.45. The van der Waals surface area contributed by atoms with Crippen molar-refractivity contribution >= 4 is 54.2 Å². The average Bonchev–Trinajstić information content (AvgIpc) is 3.21. The lowest BCUT2D eigenvalue weighted by Crippen LogP contribution is -2.37. The number of esters is 1. The molecule has 27 heavy (non-hydrogen) atoms. The lowest BCUT2D eigenvalue weighted by atomic mass is 10.2. The maximum atomic E-state index is 12.5. The Kier molecular flexibility index (Phi) is 5.49. The quantitative estimate of drug-likeness (QED) is 0.482. The van der Waals surface area contributed by atoms with Gasteiger partial charge >= 0.3 is 12.0 Å². The second-order valence-electron chi connectivity index (χ2n) is 5.65. The molecule has 144 valence electrons. The van der Waals surface area contributed by atoms with Crippen LogP contribution in [0.2, 0.25) is 0 Å². The number of anilines is 1. The molecule has 1 saturated heterocycles. The van der Waals surface area contributed by atoms with Crippen molar-refractivity contribution < 1.29 is 22.7 Å². The summed E-state index contributed by atoms with van der Waals surface area (Å²) in [5.74, 6) is -0.733. The zero-order valence-corrected chi connectivity index (χ0v) is 17.5. The monoisotopic (exact) mass is 474 g/mol. The Morgan fingerprint density at radius 3 is 2.63 bits per heavy atom. The van der Waals surface area contributed by atoms with E-state index in [0.717, 1.165) is 20.7 Å². The minimum Gasteiger partial charge on any atom is -0.435 e. The van der Waals surface area contributed by atoms with E-state index in [1.54, 1.807) is 31.3 Å². The molecule has 1 aliphatic rings. The number of carbonyl (C=O) groups excluding carboxylic acids is 2. The summed E-state index contributed by atoms with van der Waals surface area (Å²) in [4.78, 5) is 27.3. The van der Waals surface area contributed by atoms with Gasteiger partial charge in [-0.2, -0.15) is 0 Å². The molecule has 3 rings (SSSR count). The molecule has 2 heterocycles. The van der Waals surface area contributed by atoms with Crippen LogP contribution in [-0.2, 0) is 14.6 Å². The normalized spacial score (nSPS) is 17.4. The molecule has 0 saturated carbocycles. The molecule has 0 spiro atoms. The zero-order chi connectivity index (χ0) is 19.8. The van der Waals surface area contributed by atoms with Gasteiger partial charge in [-0.1, -0.05) is 34.2 Å². The molecular formula is C15H15BrN4O5S2. The summed E-state index contributed by atoms with van der Waals surface area (Å²) < 4.78 is 30.0. The molecule has 2 amide bonds. The number of ether oxygens (including phenoxy) is 1. The maximum absolute atomic E-state index is 12.5. The Bertz CT molecular complexity index is 976. The summed E-state index contributed by atoms with van der Waals surface area (Å²) in [5, 5.41) is 7.54. The van der Waals surface area contributed by atoms with Crippen molar-refractivity contribution in [3.8, 4) is 0 Å². The fourth-order valence-corrected chi connectivity index (χ4v) is 4.70. The number of sulfone groups is 1. The number of likely N-dealkylation sites (N-methyl/N-ethyl adjacent to an activating group) is 1. The fourth-order valence-electron chi connectivity index (χ4n) is 2.32. The number of amides is 2. The van der Waals surface area contributed by atoms with Crippen LogP contribution in [0.15, 0.2) is 33.1 Å². The maximum Gasteiger partial charge on any atom is 0.340 e. The van der Waals surface area contributed by atoms with Gasteiger partial charge in [0.05, 0.1) is 17.9 Å². The van der Waals surface area contributed by atoms with Gasteiger partial charge < -0.3 is 9.64 Å². The Balaban J connectivity index is 1.85. The van der Waals surface area contributed by atoms with Crippen molar-refractivity contribution in [1.82, 2.24) is 15.1 Å². The molecule has 2 aromatic rings. The first-order chi connectivity index (χ1) is 12.7. The Labute approximate surface area is 168 Å². The molecule has 1 aliphatic heterocycles. The van der Waals surface area contributed by atoms with Crippen molar-refractivity contribution in [3.05, 3.63) is 34.3 Å². The second-order valence-corrected chi connectivity index (χ2v) is 9.98. The first-order valence-corrected chi connectivity index (χ1v) is 11.1. The number of carbonyl (C=O) groups is 2. The highest BCUT2D eigenvalue weighted by atomic mass is 79.9. The van der Waals surface area contributed by atoms with Crippen LogP contribution in [0.4, 0.5) is 9.93 Å². The number of urea groups is 1. The molecule has 0 radical (unpaired) electrons. The number of nitrogens with zero attached hydrogens (tertiary/aromatic N) is 4. The van der Waals surface area contributed by atoms with E-state index >= 15 is 0 Å². The Morgan fingerprint density at radius 1 is 1.33 bits per heavy atom. The number of benzene rings is 1. The summed E-state index contributed by atoms with van der Waals surface area (Å²) in [6.45, 7) is 1.62. The van der Waals surface area contributed by atoms with Crippen molar-refractivity contribution in [1.29, 1.82) is 0 Å². The lowest BCUT2D eigenvalue weighted by molar-refractivity contribution is 0.0331. The van der Waals surface area contributed by atoms with Crippen LogP contribution in [0, 0.1) is 0 Å². The fraction of sp³-hybridized carbons (Fsp3) is 0.333. The number of halogens is 1. The molecule has 1 aromatic heterocycles. The van der Waals surface area contributed by atoms with E-state index in [1.807, 2.05) is 0 Å². The number of aromatic nitrogens is 2. The molecule has 1 fully saturated rings. The summed E-state index contributed by atoms with van der Waals surface area (Å²) >= 11 is 4.05. The molecule has 1 atom stereocenters. The second kappa shape index (κ2) is 7.52. The SMILES string of the molecule is CCS(=O)(=O)c1nnc(N2C(=O)N(C)CC2OC(=O)c2ccc(Br)cc2)s1. The van der Waals surface area contributed by atoms with E-state index < -0.39 is 28.1 Å². The summed E-state index contributed by atoms with van der Waals surface area (Å²) in [5.41, 5.74) is 0.326. The predicted molar refractivity (Wildman–Crippen MR) is 101 cm³/mol. The van der Waals surface area contributed by atoms with Gasteiger partial charge in [-0.05, 0) is 24.3 Å². The van der Waals surface area contributed by atoms with Crippen LogP contribution < -0.4 is 4.90 Å². The van der Waals surface area contributed by atoms with Crippen LogP contribution in [0.5, 0.6) is 0 Å². The van der Waals surface area contributed by atoms with E-state index in [2.05, 4.69) is 26.1 Å². The van der Waals surface area contributed by atoms with E-state index in [0.29, 0.717) is 5.56 Å². The summed E-state index contributed by atoms with van der Waals surface area (Å²) in [6, 6.07) is 6.13. The molecular weight excluding hydrogens is 460 g/mol. The lowest BCUT2D eigenvalue weighted by Gasteiger charge is -2.19. The first kappa shape index (κ1) is 19.7. The topological polar surface area (TPSA) is 110 Å². The largest absolute Gasteiger partial charge is 0.435 e. The van der Waals surface area contributed by atoms with E-state index in [9.17, 15) is 18.0 Å². The van der Waals surface area contributed by atoms with Gasteiger partial charge in [0.2, 0.25) is 25.5 Å². The highest BCUT2D eigenvalue weighted by Gasteiger charge is 2.41. The molecule has 0 N–H and O–H groups in total. The number of rotatable bonds is 5.